The second-order valence-corrected chi connectivity index (χ2v) is 24.3. The Hall–Kier alpha value is -9.42. The Morgan fingerprint density at radius 2 is 0.506 bits per heavy atom. The van der Waals surface area contributed by atoms with Crippen LogP contribution in [0.25, 0.3) is 89.7 Å². The first-order valence-electron chi connectivity index (χ1n) is 24.4. The van der Waals surface area contributed by atoms with Gasteiger partial charge in [0.05, 0.1) is 19.6 Å². The molecule has 0 unspecified atom stereocenters. The Kier molecular flexibility index (Phi) is 13.9. The molecule has 2 aliphatic heterocycles. The quantitative estimate of drug-likeness (QED) is 0.0489. The number of hydrogen-bond donors (Lipinski definition) is 6. The monoisotopic (exact) mass is 1270 g/mol. The van der Waals surface area contributed by atoms with E-state index < -0.39 is 40.5 Å². The smallest absolute Gasteiger partial charge is 0.457 e. The summed E-state index contributed by atoms with van der Waals surface area (Å²) in [6.07, 6.45) is 0. The minimum Gasteiger partial charge on any atom is -0.457 e. The van der Waals surface area contributed by atoms with Gasteiger partial charge in [-0.3, -0.25) is 18.2 Å². The van der Waals surface area contributed by atoms with Crippen LogP contribution in [0.3, 0.4) is 0 Å². The van der Waals surface area contributed by atoms with Crippen LogP contribution in [-0.2, 0) is 60.0 Å². The van der Waals surface area contributed by atoms with Crippen molar-refractivity contribution < 1.29 is 90.3 Å². The van der Waals surface area contributed by atoms with Crippen LogP contribution in [0.2, 0.25) is 0 Å². The summed E-state index contributed by atoms with van der Waals surface area (Å²) < 4.78 is 157. The number of aromatic amines is 2. The van der Waals surface area contributed by atoms with Gasteiger partial charge in [0.1, 0.15) is 68.6 Å². The maximum Gasteiger partial charge on any atom is 2.00 e. The van der Waals surface area contributed by atoms with E-state index >= 15 is 0 Å². The number of hydrogen-bond acceptors (Lipinski definition) is 18. The normalized spacial score (nSPS) is 12.3. The second kappa shape index (κ2) is 21.0. The van der Waals surface area contributed by atoms with Crippen LogP contribution in [0.15, 0.2) is 189 Å². The molecule has 0 spiro atoms. The zero-order chi connectivity index (χ0) is 58.5. The van der Waals surface area contributed by atoms with Crippen LogP contribution in [0, 0.1) is 0 Å². The average molecular weight is 1270 g/mol. The number of benzene rings is 8. The molecule has 8 bridgehead atoms. The molecule has 11 aromatic rings. The van der Waals surface area contributed by atoms with Crippen LogP contribution in [0.1, 0.15) is 0 Å². The zero-order valence-electron chi connectivity index (χ0n) is 42.9. The van der Waals surface area contributed by atoms with Gasteiger partial charge >= 0.3 is 19.5 Å². The van der Waals surface area contributed by atoms with Crippen LogP contribution >= 0.6 is 0 Å². The number of aromatic nitrogens is 8. The van der Waals surface area contributed by atoms with Crippen molar-refractivity contribution in [2.45, 2.75) is 19.6 Å². The topological polar surface area (TPSA) is 363 Å². The van der Waals surface area contributed by atoms with Crippen molar-refractivity contribution in [3.05, 3.63) is 170 Å². The molecule has 2 aliphatic rings. The fraction of sp³-hybridized carbons (Fsp3) is 0. The van der Waals surface area contributed by atoms with Crippen molar-refractivity contribution in [2.24, 2.45) is 0 Å². The predicted molar refractivity (Wildman–Crippen MR) is 301 cm³/mol. The largest absolute Gasteiger partial charge is 2.00 e. The van der Waals surface area contributed by atoms with Gasteiger partial charge in [0.15, 0.2) is 23.3 Å². The molecule has 0 saturated carbocycles. The summed E-state index contributed by atoms with van der Waals surface area (Å²) in [5, 5.41) is 1.98. The van der Waals surface area contributed by atoms with Crippen molar-refractivity contribution in [1.29, 1.82) is 0 Å². The fourth-order valence-corrected chi connectivity index (χ4v) is 11.1. The standard InChI is InChI=1S/C56H34N8O16S4.Zn/c65-81(66,67)37-13-1-29(2-14-37)77-33-9-21-41-45(25-33)53-57-49(41)62-54-47-27-35(79-31-5-17-39(18-6-31)83(71,72)73)11-23-43(47)51(59-54)64-56-48-28-36(80-32-7-19-40(20-8-32)84(74,75)76)12-24-44(48)52(60-56)63-55-46-26-34(10-22-42(46)50(58-55)61-53)78-30-3-15-38(16-4-30)82(68,69)70;/h1-28H,(H,65,66,67)(H,68,69,70)(H,71,72,73)(H,74,75,76)(H2,57,58,59,60,61,62,63,64);/q;+2. The van der Waals surface area contributed by atoms with Crippen LogP contribution in [-0.4, -0.2) is 91.8 Å². The molecule has 0 saturated heterocycles. The summed E-state index contributed by atoms with van der Waals surface area (Å²) in [6.45, 7) is 0. The molecule has 24 nitrogen and oxygen atoms in total. The minimum atomic E-state index is -4.49. The second-order valence-electron chi connectivity index (χ2n) is 18.6. The first-order chi connectivity index (χ1) is 40.0. The summed E-state index contributed by atoms with van der Waals surface area (Å²) in [6, 6.07) is 40.7. The molecule has 418 valence electrons. The minimum absolute atomic E-state index is 0. The third-order valence-corrected chi connectivity index (χ3v) is 16.6. The molecule has 0 aliphatic carbocycles. The third kappa shape index (κ3) is 11.3. The van der Waals surface area contributed by atoms with Gasteiger partial charge in [0.25, 0.3) is 40.5 Å². The summed E-state index contributed by atoms with van der Waals surface area (Å²) in [5.41, 5.74) is 2.85. The maximum absolute atomic E-state index is 11.8. The molecule has 6 N–H and O–H groups in total. The predicted octanol–water partition coefficient (Wildman–Crippen LogP) is 11.0. The number of nitrogens with one attached hydrogen (secondary N) is 2. The summed E-state index contributed by atoms with van der Waals surface area (Å²) in [7, 11) is -17.9. The Morgan fingerprint density at radius 3 is 0.788 bits per heavy atom. The van der Waals surface area contributed by atoms with E-state index in [0.717, 1.165) is 0 Å². The molecule has 0 fully saturated rings. The number of nitrogens with zero attached hydrogens (tertiary/aromatic N) is 6. The fourth-order valence-electron chi connectivity index (χ4n) is 9.23. The van der Waals surface area contributed by atoms with Gasteiger partial charge in [-0.15, -0.1) is 0 Å². The summed E-state index contributed by atoms with van der Waals surface area (Å²) in [4.78, 5) is 35.7. The maximum atomic E-state index is 11.8. The molecule has 85 heavy (non-hydrogen) atoms. The van der Waals surface area contributed by atoms with E-state index in [2.05, 4.69) is 9.97 Å². The Morgan fingerprint density at radius 1 is 0.271 bits per heavy atom. The van der Waals surface area contributed by atoms with E-state index in [-0.39, 0.29) is 119 Å². The Labute approximate surface area is 492 Å². The van der Waals surface area contributed by atoms with E-state index in [1.54, 1.807) is 72.8 Å². The van der Waals surface area contributed by atoms with E-state index in [9.17, 15) is 51.9 Å². The average Bonchev–Trinajstić information content (AvgIpc) is 3.16. The zero-order valence-corrected chi connectivity index (χ0v) is 49.1. The van der Waals surface area contributed by atoms with E-state index in [4.69, 9.17) is 48.9 Å². The van der Waals surface area contributed by atoms with Crippen molar-refractivity contribution in [1.82, 2.24) is 39.9 Å². The van der Waals surface area contributed by atoms with Crippen LogP contribution in [0.4, 0.5) is 0 Å². The summed E-state index contributed by atoms with van der Waals surface area (Å²) in [5.74, 6) is 2.73. The van der Waals surface area contributed by atoms with Gasteiger partial charge in [-0.05, 0) is 170 Å². The first kappa shape index (κ1) is 56.1. The molecule has 5 heterocycles. The van der Waals surface area contributed by atoms with Gasteiger partial charge < -0.3 is 28.9 Å². The van der Waals surface area contributed by atoms with Gasteiger partial charge in [-0.25, -0.2) is 29.9 Å². The van der Waals surface area contributed by atoms with E-state index in [0.29, 0.717) is 55.3 Å². The molecule has 0 amide bonds. The van der Waals surface area contributed by atoms with Crippen LogP contribution < -0.4 is 18.9 Å². The van der Waals surface area contributed by atoms with Gasteiger partial charge in [-0.1, -0.05) is 0 Å². The SMILES string of the molecule is O=S(=O)(O)c1ccc(Oc2ccc3c(c2)-c2nc-3nc3[nH]c(nc4nc(nc5[nH]c(n2)c2ccc(Oc6ccc(S(=O)(=O)O)cc6)cc52)-c2ccc(Oc5ccc(S(=O)(=O)O)cc5)cc2-4)c2ccc(Oc4ccc(S(=O)(=O)O)cc4)cc32)cc1.[Zn+2]. The van der Waals surface area contributed by atoms with Crippen molar-refractivity contribution >= 4 is 84.6 Å². The van der Waals surface area contributed by atoms with Gasteiger partial charge in [0, 0.05) is 43.8 Å². The Bertz CT molecular complexity index is 4920. The number of fused-ring (bicyclic) bond motifs is 20. The van der Waals surface area contributed by atoms with Crippen molar-refractivity contribution in [3.8, 4) is 91.5 Å². The summed E-state index contributed by atoms with van der Waals surface area (Å²) >= 11 is 0. The molecule has 8 aromatic carbocycles. The number of H-pyrrole nitrogens is 2. The van der Waals surface area contributed by atoms with Gasteiger partial charge in [0.2, 0.25) is 0 Å². The molecule has 29 heteroatoms. The van der Waals surface area contributed by atoms with E-state index in [1.165, 1.54) is 97.1 Å². The van der Waals surface area contributed by atoms with E-state index in [1.807, 2.05) is 0 Å². The molecule has 3 aromatic heterocycles. The number of rotatable bonds is 12. The molecule has 0 radical (unpaired) electrons. The van der Waals surface area contributed by atoms with Crippen LogP contribution in [0.5, 0.6) is 46.0 Å². The van der Waals surface area contributed by atoms with Gasteiger partial charge in [-0.2, -0.15) is 33.7 Å². The molecular weight excluding hydrogens is 1230 g/mol. The third-order valence-electron chi connectivity index (χ3n) is 13.1. The molecule has 0 atom stereocenters. The van der Waals surface area contributed by atoms with Crippen molar-refractivity contribution in [3.63, 3.8) is 0 Å². The molecular formula is C56H34N8O16S4Zn+2. The number of ether oxygens (including phenoxy) is 4. The molecule has 13 rings (SSSR count). The first-order valence-corrected chi connectivity index (χ1v) is 30.2. The van der Waals surface area contributed by atoms with Crippen molar-refractivity contribution in [2.75, 3.05) is 0 Å². The Balaban J connectivity index is 0.00000709.